The van der Waals surface area contributed by atoms with Gasteiger partial charge in [0.2, 0.25) is 0 Å². The Bertz CT molecular complexity index is 1320. The van der Waals surface area contributed by atoms with Crippen LogP contribution in [0.15, 0.2) is 54.6 Å². The zero-order chi connectivity index (χ0) is 23.5. The Hall–Kier alpha value is -3.80. The number of aryl methyl sites for hydroxylation is 2. The van der Waals surface area contributed by atoms with Gasteiger partial charge >= 0.3 is 5.97 Å². The molecule has 0 radical (unpaired) electrons. The van der Waals surface area contributed by atoms with Crippen LogP contribution in [0.1, 0.15) is 41.5 Å². The highest BCUT2D eigenvalue weighted by atomic mass is 16.5. The number of benzene rings is 3. The van der Waals surface area contributed by atoms with E-state index in [1.54, 1.807) is 26.4 Å². The Labute approximate surface area is 193 Å². The normalized spacial score (nSPS) is 11.0. The fraction of sp³-hybridized carbons (Fsp3) is 0.259. The summed E-state index contributed by atoms with van der Waals surface area (Å²) in [5.41, 5.74) is 5.66. The quantitative estimate of drug-likeness (QED) is 0.358. The second-order valence-corrected chi connectivity index (χ2v) is 8.01. The van der Waals surface area contributed by atoms with Crippen LogP contribution >= 0.6 is 0 Å². The molecule has 6 nitrogen and oxygen atoms in total. The lowest BCUT2D eigenvalue weighted by molar-refractivity contribution is 0.0697. The third-order valence-electron chi connectivity index (χ3n) is 5.90. The molecule has 0 atom stereocenters. The minimum atomic E-state index is -0.933. The number of nitrogens with zero attached hydrogens (tertiary/aromatic N) is 2. The number of hydrogen-bond donors (Lipinski definition) is 1. The molecule has 4 rings (SSSR count). The predicted molar refractivity (Wildman–Crippen MR) is 130 cm³/mol. The van der Waals surface area contributed by atoms with Crippen LogP contribution in [0.4, 0.5) is 0 Å². The van der Waals surface area contributed by atoms with Crippen molar-refractivity contribution in [1.29, 1.82) is 0 Å². The van der Waals surface area contributed by atoms with Crippen molar-refractivity contribution < 1.29 is 19.4 Å². The maximum absolute atomic E-state index is 11.7. The van der Waals surface area contributed by atoms with E-state index >= 15 is 0 Å². The highest BCUT2D eigenvalue weighted by Gasteiger charge is 2.18. The lowest BCUT2D eigenvalue weighted by Gasteiger charge is -2.15. The van der Waals surface area contributed by atoms with Crippen LogP contribution in [0.25, 0.3) is 27.8 Å². The highest BCUT2D eigenvalue weighted by molar-refractivity contribution is 5.96. The van der Waals surface area contributed by atoms with E-state index in [-0.39, 0.29) is 0 Å². The SMILES string of the molecule is CCCCc1nc2cc(OC)c(OC)cc2n1-c1ccc(-c2ccccc2C(=O)O)c(C)c1. The first-order chi connectivity index (χ1) is 16.0. The van der Waals surface area contributed by atoms with E-state index in [0.29, 0.717) is 22.6 Å². The van der Waals surface area contributed by atoms with Crippen LogP contribution < -0.4 is 9.47 Å². The van der Waals surface area contributed by atoms with Gasteiger partial charge in [0.15, 0.2) is 11.5 Å². The second kappa shape index (κ2) is 9.36. The Balaban J connectivity index is 1.89. The molecule has 0 fully saturated rings. The third kappa shape index (κ3) is 4.16. The van der Waals surface area contributed by atoms with Gasteiger partial charge in [-0.2, -0.15) is 0 Å². The lowest BCUT2D eigenvalue weighted by Crippen LogP contribution is -2.03. The maximum Gasteiger partial charge on any atom is 0.336 e. The Morgan fingerprint density at radius 3 is 2.39 bits per heavy atom. The molecule has 170 valence electrons. The zero-order valence-corrected chi connectivity index (χ0v) is 19.4. The number of carbonyl (C=O) groups is 1. The summed E-state index contributed by atoms with van der Waals surface area (Å²) >= 11 is 0. The van der Waals surface area contributed by atoms with Gasteiger partial charge in [-0.1, -0.05) is 37.6 Å². The Morgan fingerprint density at radius 2 is 1.73 bits per heavy atom. The molecule has 0 unspecified atom stereocenters. The summed E-state index contributed by atoms with van der Waals surface area (Å²) in [6.45, 7) is 4.17. The maximum atomic E-state index is 11.7. The van der Waals surface area contributed by atoms with Crippen molar-refractivity contribution in [3.63, 3.8) is 0 Å². The smallest absolute Gasteiger partial charge is 0.336 e. The average molecular weight is 445 g/mol. The number of carboxylic acid groups (broad SMARTS) is 1. The average Bonchev–Trinajstić information content (AvgIpc) is 3.18. The van der Waals surface area contributed by atoms with Gasteiger partial charge in [-0.25, -0.2) is 9.78 Å². The fourth-order valence-corrected chi connectivity index (χ4v) is 4.24. The fourth-order valence-electron chi connectivity index (χ4n) is 4.24. The zero-order valence-electron chi connectivity index (χ0n) is 19.4. The minimum Gasteiger partial charge on any atom is -0.493 e. The van der Waals surface area contributed by atoms with Gasteiger partial charge in [0.25, 0.3) is 0 Å². The molecule has 33 heavy (non-hydrogen) atoms. The van der Waals surface area contributed by atoms with E-state index in [0.717, 1.165) is 52.9 Å². The molecule has 0 saturated carbocycles. The number of imidazole rings is 1. The van der Waals surface area contributed by atoms with E-state index in [1.165, 1.54) is 0 Å². The van der Waals surface area contributed by atoms with Crippen LogP contribution in [0.2, 0.25) is 0 Å². The molecule has 0 spiro atoms. The molecule has 1 aromatic heterocycles. The number of fused-ring (bicyclic) bond motifs is 1. The molecule has 0 aliphatic heterocycles. The van der Waals surface area contributed by atoms with E-state index in [9.17, 15) is 9.90 Å². The summed E-state index contributed by atoms with van der Waals surface area (Å²) in [7, 11) is 3.25. The second-order valence-electron chi connectivity index (χ2n) is 8.01. The standard InChI is InChI=1S/C27H28N2O4/c1-5-6-11-26-28-22-15-24(32-3)25(33-4)16-23(22)29(26)18-12-13-19(17(2)14-18)20-9-7-8-10-21(20)27(30)31/h7-10,12-16H,5-6,11H2,1-4H3,(H,30,31). The van der Waals surface area contributed by atoms with Crippen LogP contribution in [0, 0.1) is 6.92 Å². The summed E-state index contributed by atoms with van der Waals surface area (Å²) in [5, 5.41) is 9.62. The van der Waals surface area contributed by atoms with E-state index in [4.69, 9.17) is 14.5 Å². The van der Waals surface area contributed by atoms with Gasteiger partial charge in [0.1, 0.15) is 5.82 Å². The van der Waals surface area contributed by atoms with Crippen molar-refractivity contribution in [3.8, 4) is 28.3 Å². The molecule has 0 aliphatic carbocycles. The number of aromatic nitrogens is 2. The van der Waals surface area contributed by atoms with Crippen molar-refractivity contribution in [1.82, 2.24) is 9.55 Å². The van der Waals surface area contributed by atoms with E-state index in [1.807, 2.05) is 43.3 Å². The number of aromatic carboxylic acids is 1. The molecule has 6 heteroatoms. The number of rotatable bonds is 8. The molecule has 1 heterocycles. The highest BCUT2D eigenvalue weighted by Crippen LogP contribution is 2.35. The van der Waals surface area contributed by atoms with Gasteiger partial charge in [0.05, 0.1) is 30.8 Å². The molecular formula is C27H28N2O4. The summed E-state index contributed by atoms with van der Waals surface area (Å²) in [4.78, 5) is 16.6. The monoisotopic (exact) mass is 444 g/mol. The van der Waals surface area contributed by atoms with Crippen molar-refractivity contribution in [2.75, 3.05) is 14.2 Å². The molecule has 4 aromatic rings. The van der Waals surface area contributed by atoms with Crippen molar-refractivity contribution in [2.45, 2.75) is 33.1 Å². The predicted octanol–water partition coefficient (Wildman–Crippen LogP) is 6.06. The summed E-state index contributed by atoms with van der Waals surface area (Å²) < 4.78 is 13.2. The van der Waals surface area contributed by atoms with Crippen molar-refractivity contribution in [3.05, 3.63) is 71.5 Å². The van der Waals surface area contributed by atoms with Gasteiger partial charge in [-0.3, -0.25) is 4.57 Å². The molecule has 0 amide bonds. The number of ether oxygens (including phenoxy) is 2. The van der Waals surface area contributed by atoms with Crippen LogP contribution in [-0.2, 0) is 6.42 Å². The summed E-state index contributed by atoms with van der Waals surface area (Å²) in [6, 6.07) is 17.1. The van der Waals surface area contributed by atoms with E-state index < -0.39 is 5.97 Å². The topological polar surface area (TPSA) is 73.6 Å². The van der Waals surface area contributed by atoms with Gasteiger partial charge in [-0.15, -0.1) is 0 Å². The first-order valence-electron chi connectivity index (χ1n) is 11.1. The molecular weight excluding hydrogens is 416 g/mol. The largest absolute Gasteiger partial charge is 0.493 e. The number of hydrogen-bond acceptors (Lipinski definition) is 4. The first-order valence-corrected chi connectivity index (χ1v) is 11.1. The number of methoxy groups -OCH3 is 2. The lowest BCUT2D eigenvalue weighted by atomic mass is 9.95. The third-order valence-corrected chi connectivity index (χ3v) is 5.90. The number of carboxylic acids is 1. The van der Waals surface area contributed by atoms with Crippen molar-refractivity contribution in [2.24, 2.45) is 0 Å². The molecule has 0 aliphatic rings. The van der Waals surface area contributed by atoms with Crippen LogP contribution in [0.3, 0.4) is 0 Å². The number of unbranched alkanes of at least 4 members (excludes halogenated alkanes) is 1. The first kappa shape index (κ1) is 22.4. The van der Waals surface area contributed by atoms with Crippen molar-refractivity contribution >= 4 is 17.0 Å². The summed E-state index contributed by atoms with van der Waals surface area (Å²) in [5.74, 6) is 1.34. The Kier molecular flexibility index (Phi) is 6.36. The van der Waals surface area contributed by atoms with Gasteiger partial charge in [0, 0.05) is 24.2 Å². The van der Waals surface area contributed by atoms with Crippen LogP contribution in [-0.4, -0.2) is 34.8 Å². The molecule has 0 bridgehead atoms. The van der Waals surface area contributed by atoms with Gasteiger partial charge < -0.3 is 14.6 Å². The van der Waals surface area contributed by atoms with E-state index in [2.05, 4.69) is 17.6 Å². The minimum absolute atomic E-state index is 0.293. The molecule has 0 saturated heterocycles. The summed E-state index contributed by atoms with van der Waals surface area (Å²) in [6.07, 6.45) is 2.94. The van der Waals surface area contributed by atoms with Crippen LogP contribution in [0.5, 0.6) is 11.5 Å². The molecule has 1 N–H and O–H groups in total. The molecule has 3 aromatic carbocycles. The van der Waals surface area contributed by atoms with Gasteiger partial charge in [-0.05, 0) is 48.2 Å². The Morgan fingerprint density at radius 1 is 1.00 bits per heavy atom.